The summed E-state index contributed by atoms with van der Waals surface area (Å²) < 4.78 is 0. The monoisotopic (exact) mass is 233 g/mol. The van der Waals surface area contributed by atoms with Gasteiger partial charge >= 0.3 is 5.97 Å². The second-order valence-corrected chi connectivity index (χ2v) is 4.52. The molecule has 1 aromatic carbocycles. The molecule has 0 aromatic heterocycles. The van der Waals surface area contributed by atoms with Gasteiger partial charge in [0.2, 0.25) is 0 Å². The van der Waals surface area contributed by atoms with Crippen LogP contribution in [0.2, 0.25) is 0 Å². The molecule has 1 unspecified atom stereocenters. The van der Waals surface area contributed by atoms with Gasteiger partial charge in [0, 0.05) is 12.6 Å². The number of carboxylic acid groups (broad SMARTS) is 1. The number of rotatable bonds is 3. The fourth-order valence-electron chi connectivity index (χ4n) is 2.75. The summed E-state index contributed by atoms with van der Waals surface area (Å²) in [5.41, 5.74) is 2.93. The first-order valence-corrected chi connectivity index (χ1v) is 6.27. The number of carbonyl (C=O) groups is 1. The molecule has 2 rings (SSSR count). The van der Waals surface area contributed by atoms with Crippen LogP contribution in [0.5, 0.6) is 0 Å². The van der Waals surface area contributed by atoms with Crippen LogP contribution in [0.4, 0.5) is 0 Å². The van der Waals surface area contributed by atoms with E-state index in [0.29, 0.717) is 11.6 Å². The van der Waals surface area contributed by atoms with Gasteiger partial charge in [0.1, 0.15) is 0 Å². The zero-order chi connectivity index (χ0) is 12.4. The molecule has 1 aliphatic rings. The number of hydrogen-bond acceptors (Lipinski definition) is 2. The van der Waals surface area contributed by atoms with Gasteiger partial charge in [-0.3, -0.25) is 4.90 Å². The van der Waals surface area contributed by atoms with Gasteiger partial charge in [0.15, 0.2) is 0 Å². The summed E-state index contributed by atoms with van der Waals surface area (Å²) in [6.07, 6.45) is 2.04. The lowest BCUT2D eigenvalue weighted by atomic mass is 9.90. The lowest BCUT2D eigenvalue weighted by Crippen LogP contribution is -2.35. The van der Waals surface area contributed by atoms with Crippen LogP contribution in [-0.4, -0.2) is 29.1 Å². The van der Waals surface area contributed by atoms with Gasteiger partial charge in [0.05, 0.1) is 5.56 Å². The number of carboxylic acids is 1. The highest BCUT2D eigenvalue weighted by molar-refractivity contribution is 5.88. The standard InChI is InChI=1S/C14H19NO2/c1-3-13-12-6-5-11(14(16)17)9-10(12)7-8-15(13)4-2/h5-6,9,13H,3-4,7-8H2,1-2H3,(H,16,17). The van der Waals surface area contributed by atoms with Crippen LogP contribution in [0.3, 0.4) is 0 Å². The van der Waals surface area contributed by atoms with Crippen LogP contribution in [-0.2, 0) is 6.42 Å². The normalized spacial score (nSPS) is 20.0. The van der Waals surface area contributed by atoms with Crippen LogP contribution in [0.25, 0.3) is 0 Å². The van der Waals surface area contributed by atoms with Crippen molar-refractivity contribution in [3.8, 4) is 0 Å². The van der Waals surface area contributed by atoms with Gasteiger partial charge in [-0.05, 0) is 42.6 Å². The number of nitrogens with zero attached hydrogens (tertiary/aromatic N) is 1. The Bertz CT molecular complexity index is 428. The van der Waals surface area contributed by atoms with Crippen molar-refractivity contribution in [2.75, 3.05) is 13.1 Å². The van der Waals surface area contributed by atoms with Crippen molar-refractivity contribution in [3.05, 3.63) is 34.9 Å². The second-order valence-electron chi connectivity index (χ2n) is 4.52. The topological polar surface area (TPSA) is 40.5 Å². The highest BCUT2D eigenvalue weighted by Crippen LogP contribution is 2.32. The van der Waals surface area contributed by atoms with Crippen LogP contribution in [0, 0.1) is 0 Å². The molecule has 0 spiro atoms. The van der Waals surface area contributed by atoms with Crippen molar-refractivity contribution in [3.63, 3.8) is 0 Å². The SMILES string of the molecule is CCC1c2ccc(C(=O)O)cc2CCN1CC. The number of aromatic carboxylic acids is 1. The molecular weight excluding hydrogens is 214 g/mol. The van der Waals surface area contributed by atoms with Gasteiger partial charge in [-0.2, -0.15) is 0 Å². The Morgan fingerprint density at radius 2 is 2.24 bits per heavy atom. The van der Waals surface area contributed by atoms with Crippen molar-refractivity contribution in [2.24, 2.45) is 0 Å². The van der Waals surface area contributed by atoms with E-state index in [-0.39, 0.29) is 0 Å². The summed E-state index contributed by atoms with van der Waals surface area (Å²) in [6, 6.07) is 6.01. The van der Waals surface area contributed by atoms with Crippen LogP contribution < -0.4 is 0 Å². The Morgan fingerprint density at radius 3 is 2.82 bits per heavy atom. The predicted molar refractivity (Wildman–Crippen MR) is 67.4 cm³/mol. The maximum atomic E-state index is 10.9. The molecule has 1 aromatic rings. The van der Waals surface area contributed by atoms with Crippen LogP contribution in [0.1, 0.15) is 47.8 Å². The third kappa shape index (κ3) is 2.20. The molecule has 0 amide bonds. The van der Waals surface area contributed by atoms with Gasteiger partial charge in [0.25, 0.3) is 0 Å². The molecule has 0 fully saturated rings. The molecule has 1 heterocycles. The molecule has 1 atom stereocenters. The summed E-state index contributed by atoms with van der Waals surface area (Å²) in [7, 11) is 0. The predicted octanol–water partition coefficient (Wildman–Crippen LogP) is 2.71. The first-order valence-electron chi connectivity index (χ1n) is 6.27. The van der Waals surface area contributed by atoms with E-state index in [1.807, 2.05) is 12.1 Å². The average Bonchev–Trinajstić information content (AvgIpc) is 2.36. The highest BCUT2D eigenvalue weighted by atomic mass is 16.4. The Morgan fingerprint density at radius 1 is 1.47 bits per heavy atom. The maximum Gasteiger partial charge on any atom is 0.335 e. The molecule has 3 heteroatoms. The smallest absolute Gasteiger partial charge is 0.335 e. The highest BCUT2D eigenvalue weighted by Gasteiger charge is 2.25. The number of fused-ring (bicyclic) bond motifs is 1. The lowest BCUT2D eigenvalue weighted by molar-refractivity contribution is 0.0696. The summed E-state index contributed by atoms with van der Waals surface area (Å²) in [5, 5.41) is 9.00. The van der Waals surface area contributed by atoms with Crippen LogP contribution >= 0.6 is 0 Å². The first kappa shape index (κ1) is 12.1. The third-order valence-corrected chi connectivity index (χ3v) is 3.65. The van der Waals surface area contributed by atoms with E-state index in [4.69, 9.17) is 5.11 Å². The average molecular weight is 233 g/mol. The summed E-state index contributed by atoms with van der Waals surface area (Å²) in [5.74, 6) is -0.834. The van der Waals surface area contributed by atoms with E-state index in [1.54, 1.807) is 6.07 Å². The molecule has 1 N–H and O–H groups in total. The fourth-order valence-corrected chi connectivity index (χ4v) is 2.75. The van der Waals surface area contributed by atoms with E-state index in [1.165, 1.54) is 11.1 Å². The van der Waals surface area contributed by atoms with E-state index in [9.17, 15) is 4.79 Å². The minimum atomic E-state index is -0.834. The number of hydrogen-bond donors (Lipinski definition) is 1. The molecule has 1 aliphatic heterocycles. The fraction of sp³-hybridized carbons (Fsp3) is 0.500. The molecule has 0 bridgehead atoms. The van der Waals surface area contributed by atoms with Gasteiger partial charge < -0.3 is 5.11 Å². The van der Waals surface area contributed by atoms with Crippen molar-refractivity contribution in [1.29, 1.82) is 0 Å². The van der Waals surface area contributed by atoms with Gasteiger partial charge in [-0.25, -0.2) is 4.79 Å². The molecule has 0 saturated carbocycles. The summed E-state index contributed by atoms with van der Waals surface area (Å²) >= 11 is 0. The van der Waals surface area contributed by atoms with Crippen molar-refractivity contribution >= 4 is 5.97 Å². The van der Waals surface area contributed by atoms with Crippen molar-refractivity contribution in [1.82, 2.24) is 4.90 Å². The van der Waals surface area contributed by atoms with Crippen LogP contribution in [0.15, 0.2) is 18.2 Å². The summed E-state index contributed by atoms with van der Waals surface area (Å²) in [4.78, 5) is 13.4. The lowest BCUT2D eigenvalue weighted by Gasteiger charge is -2.36. The summed E-state index contributed by atoms with van der Waals surface area (Å²) in [6.45, 7) is 6.45. The Kier molecular flexibility index (Phi) is 3.48. The molecule has 17 heavy (non-hydrogen) atoms. The molecule has 0 saturated heterocycles. The Hall–Kier alpha value is -1.35. The molecular formula is C14H19NO2. The zero-order valence-corrected chi connectivity index (χ0v) is 10.4. The maximum absolute atomic E-state index is 10.9. The minimum Gasteiger partial charge on any atom is -0.478 e. The third-order valence-electron chi connectivity index (χ3n) is 3.65. The largest absolute Gasteiger partial charge is 0.478 e. The second kappa shape index (κ2) is 4.88. The van der Waals surface area contributed by atoms with E-state index in [0.717, 1.165) is 25.9 Å². The Balaban J connectivity index is 2.38. The molecule has 3 nitrogen and oxygen atoms in total. The molecule has 92 valence electrons. The van der Waals surface area contributed by atoms with E-state index < -0.39 is 5.97 Å². The van der Waals surface area contributed by atoms with Crippen molar-refractivity contribution in [2.45, 2.75) is 32.7 Å². The molecule has 0 aliphatic carbocycles. The number of likely N-dealkylation sites (N-methyl/N-ethyl adjacent to an activating group) is 1. The molecule has 0 radical (unpaired) electrons. The zero-order valence-electron chi connectivity index (χ0n) is 10.4. The Labute approximate surface area is 102 Å². The quantitative estimate of drug-likeness (QED) is 0.872. The first-order chi connectivity index (χ1) is 8.17. The minimum absolute atomic E-state index is 0.406. The van der Waals surface area contributed by atoms with E-state index in [2.05, 4.69) is 18.7 Å². The van der Waals surface area contributed by atoms with E-state index >= 15 is 0 Å². The van der Waals surface area contributed by atoms with Gasteiger partial charge in [-0.1, -0.05) is 19.9 Å². The van der Waals surface area contributed by atoms with Crippen molar-refractivity contribution < 1.29 is 9.90 Å². The number of benzene rings is 1. The van der Waals surface area contributed by atoms with Gasteiger partial charge in [-0.15, -0.1) is 0 Å².